The predicted octanol–water partition coefficient (Wildman–Crippen LogP) is 2.50. The van der Waals surface area contributed by atoms with Crippen LogP contribution in [0.3, 0.4) is 0 Å². The van der Waals surface area contributed by atoms with Crippen molar-refractivity contribution in [1.82, 2.24) is 9.29 Å². The molecule has 1 fully saturated rings. The number of carbonyl (C=O) groups is 1. The number of hydrogen-bond acceptors (Lipinski definition) is 6. The molecular weight excluding hydrogens is 374 g/mol. The summed E-state index contributed by atoms with van der Waals surface area (Å²) in [6.07, 6.45) is 0.998. The highest BCUT2D eigenvalue weighted by molar-refractivity contribution is 7.89. The van der Waals surface area contributed by atoms with Crippen LogP contribution in [-0.2, 0) is 14.8 Å². The average molecular weight is 396 g/mol. The van der Waals surface area contributed by atoms with E-state index >= 15 is 0 Å². The maximum Gasteiger partial charge on any atom is 0.243 e. The molecule has 2 aromatic rings. The van der Waals surface area contributed by atoms with Gasteiger partial charge in [-0.1, -0.05) is 0 Å². The van der Waals surface area contributed by atoms with Crippen LogP contribution in [0.15, 0.2) is 34.7 Å². The lowest BCUT2D eigenvalue weighted by Crippen LogP contribution is -2.41. The molecule has 9 heteroatoms. The number of benzene rings is 1. The molecule has 1 aromatic heterocycles. The number of anilines is 1. The Morgan fingerprint density at radius 2 is 1.92 bits per heavy atom. The molecule has 1 aromatic carbocycles. The molecule has 140 valence electrons. The molecular formula is C17H21N3O4S2. The number of hydrogen-bond donors (Lipinski definition) is 1. The number of sulfonamides is 1. The molecule has 1 aliphatic rings. The molecule has 0 saturated carbocycles. The first kappa shape index (κ1) is 18.8. The molecule has 0 radical (unpaired) electrons. The predicted molar refractivity (Wildman–Crippen MR) is 100.0 cm³/mol. The molecule has 0 aliphatic carbocycles. The average Bonchev–Trinajstić information content (AvgIpc) is 3.06. The van der Waals surface area contributed by atoms with Crippen LogP contribution in [0.1, 0.15) is 18.5 Å². The fourth-order valence-corrected chi connectivity index (χ4v) is 5.06. The van der Waals surface area contributed by atoms with E-state index in [4.69, 9.17) is 4.74 Å². The molecule has 0 spiro atoms. The van der Waals surface area contributed by atoms with Gasteiger partial charge >= 0.3 is 0 Å². The molecule has 1 amide bonds. The van der Waals surface area contributed by atoms with Gasteiger partial charge in [0.15, 0.2) is 0 Å². The van der Waals surface area contributed by atoms with Gasteiger partial charge in [0.1, 0.15) is 10.8 Å². The second-order valence-electron chi connectivity index (χ2n) is 6.11. The lowest BCUT2D eigenvalue weighted by atomic mass is 9.97. The summed E-state index contributed by atoms with van der Waals surface area (Å²) in [5.74, 6) is 0.343. The van der Waals surface area contributed by atoms with Crippen molar-refractivity contribution in [3.05, 3.63) is 35.5 Å². The number of aryl methyl sites for hydroxylation is 1. The Hall–Kier alpha value is -1.97. The summed E-state index contributed by atoms with van der Waals surface area (Å²) in [5, 5.41) is 3.65. The van der Waals surface area contributed by atoms with Crippen molar-refractivity contribution < 1.29 is 17.9 Å². The third-order valence-corrected chi connectivity index (χ3v) is 7.26. The van der Waals surface area contributed by atoms with Crippen LogP contribution in [-0.4, -0.2) is 43.8 Å². The van der Waals surface area contributed by atoms with Gasteiger partial charge in [0.2, 0.25) is 15.9 Å². The van der Waals surface area contributed by atoms with E-state index in [2.05, 4.69) is 10.3 Å². The first-order valence-corrected chi connectivity index (χ1v) is 10.6. The zero-order valence-corrected chi connectivity index (χ0v) is 16.3. The zero-order chi connectivity index (χ0) is 18.7. The quantitative estimate of drug-likeness (QED) is 0.840. The van der Waals surface area contributed by atoms with Crippen LogP contribution in [0, 0.1) is 12.8 Å². The highest BCUT2D eigenvalue weighted by atomic mass is 32.2. The van der Waals surface area contributed by atoms with Crippen molar-refractivity contribution in [3.63, 3.8) is 0 Å². The number of ether oxygens (including phenoxy) is 1. The highest BCUT2D eigenvalue weighted by Crippen LogP contribution is 2.27. The van der Waals surface area contributed by atoms with Crippen LogP contribution in [0.25, 0.3) is 0 Å². The first-order valence-electron chi connectivity index (χ1n) is 8.27. The number of aromatic nitrogens is 1. The van der Waals surface area contributed by atoms with E-state index < -0.39 is 10.0 Å². The largest absolute Gasteiger partial charge is 0.497 e. The van der Waals surface area contributed by atoms with Crippen molar-refractivity contribution in [2.24, 2.45) is 5.92 Å². The first-order chi connectivity index (χ1) is 12.4. The van der Waals surface area contributed by atoms with E-state index in [0.29, 0.717) is 31.7 Å². The number of nitrogens with one attached hydrogen (secondary N) is 1. The molecule has 7 nitrogen and oxygen atoms in total. The number of carbonyl (C=O) groups excluding carboxylic acids is 1. The van der Waals surface area contributed by atoms with Crippen LogP contribution < -0.4 is 10.1 Å². The van der Waals surface area contributed by atoms with Gasteiger partial charge in [-0.15, -0.1) is 11.3 Å². The fourth-order valence-electron chi connectivity index (χ4n) is 2.89. The van der Waals surface area contributed by atoms with E-state index in [-0.39, 0.29) is 16.7 Å². The Balaban J connectivity index is 1.62. The van der Waals surface area contributed by atoms with Gasteiger partial charge in [-0.25, -0.2) is 13.4 Å². The van der Waals surface area contributed by atoms with Gasteiger partial charge < -0.3 is 10.1 Å². The molecule has 0 bridgehead atoms. The van der Waals surface area contributed by atoms with Gasteiger partial charge in [0.05, 0.1) is 23.2 Å². The van der Waals surface area contributed by atoms with Crippen molar-refractivity contribution in [2.45, 2.75) is 24.7 Å². The lowest BCUT2D eigenvalue weighted by Gasteiger charge is -2.30. The summed E-state index contributed by atoms with van der Waals surface area (Å²) in [6, 6.07) is 6.34. The van der Waals surface area contributed by atoms with Gasteiger partial charge in [-0.05, 0) is 44.0 Å². The second kappa shape index (κ2) is 7.73. The van der Waals surface area contributed by atoms with E-state index in [1.54, 1.807) is 29.8 Å². The van der Waals surface area contributed by atoms with Crippen molar-refractivity contribution in [3.8, 4) is 5.75 Å². The number of nitrogens with zero attached hydrogens (tertiary/aromatic N) is 2. The second-order valence-corrected chi connectivity index (χ2v) is 8.90. The summed E-state index contributed by atoms with van der Waals surface area (Å²) in [4.78, 5) is 16.8. The maximum atomic E-state index is 12.7. The summed E-state index contributed by atoms with van der Waals surface area (Å²) >= 11 is 1.39. The monoisotopic (exact) mass is 395 g/mol. The molecule has 0 unspecified atom stereocenters. The number of piperidine rings is 1. The van der Waals surface area contributed by atoms with Crippen molar-refractivity contribution >= 4 is 32.3 Å². The summed E-state index contributed by atoms with van der Waals surface area (Å²) < 4.78 is 32.0. The third-order valence-electron chi connectivity index (χ3n) is 4.50. The van der Waals surface area contributed by atoms with Gasteiger partial charge in [0, 0.05) is 19.0 Å². The van der Waals surface area contributed by atoms with Gasteiger partial charge in [-0.3, -0.25) is 4.79 Å². The smallest absolute Gasteiger partial charge is 0.243 e. The normalized spacial score (nSPS) is 16.4. The molecule has 1 saturated heterocycles. The zero-order valence-electron chi connectivity index (χ0n) is 14.6. The molecule has 0 atom stereocenters. The number of methoxy groups -OCH3 is 1. The minimum atomic E-state index is -3.55. The van der Waals surface area contributed by atoms with Crippen LogP contribution in [0.5, 0.6) is 5.75 Å². The van der Waals surface area contributed by atoms with E-state index in [9.17, 15) is 13.2 Å². The molecule has 3 rings (SSSR count). The Labute approximate surface area is 157 Å². The summed E-state index contributed by atoms with van der Waals surface area (Å²) in [5.41, 5.74) is 2.48. The van der Waals surface area contributed by atoms with Crippen LogP contribution >= 0.6 is 11.3 Å². The highest BCUT2D eigenvalue weighted by Gasteiger charge is 2.32. The van der Waals surface area contributed by atoms with Crippen molar-refractivity contribution in [1.29, 1.82) is 0 Å². The minimum absolute atomic E-state index is 0.0705. The van der Waals surface area contributed by atoms with Crippen molar-refractivity contribution in [2.75, 3.05) is 25.5 Å². The third kappa shape index (κ3) is 3.89. The number of thiazole rings is 1. The van der Waals surface area contributed by atoms with E-state index in [1.807, 2.05) is 6.92 Å². The molecule has 1 N–H and O–H groups in total. The summed E-state index contributed by atoms with van der Waals surface area (Å²) in [6.45, 7) is 2.50. The lowest BCUT2D eigenvalue weighted by molar-refractivity contribution is -0.120. The van der Waals surface area contributed by atoms with Crippen LogP contribution in [0.4, 0.5) is 5.00 Å². The Bertz CT molecular complexity index is 870. The number of rotatable bonds is 5. The van der Waals surface area contributed by atoms with Gasteiger partial charge in [-0.2, -0.15) is 4.31 Å². The fraction of sp³-hybridized carbons (Fsp3) is 0.412. The van der Waals surface area contributed by atoms with Gasteiger partial charge in [0.25, 0.3) is 0 Å². The minimum Gasteiger partial charge on any atom is -0.497 e. The maximum absolute atomic E-state index is 12.7. The van der Waals surface area contributed by atoms with Crippen LogP contribution in [0.2, 0.25) is 0 Å². The molecule has 1 aliphatic heterocycles. The Kier molecular flexibility index (Phi) is 5.59. The van der Waals surface area contributed by atoms with E-state index in [1.165, 1.54) is 22.8 Å². The Morgan fingerprint density at radius 3 is 2.46 bits per heavy atom. The Morgan fingerprint density at radius 1 is 1.27 bits per heavy atom. The topological polar surface area (TPSA) is 88.6 Å². The molecule has 2 heterocycles. The molecule has 26 heavy (non-hydrogen) atoms. The SMILES string of the molecule is COc1ccc(S(=O)(=O)N2CCC(C(=O)Nc3scnc3C)CC2)cc1. The standard InChI is InChI=1S/C17H21N3O4S2/c1-12-17(25-11-18-12)19-16(21)13-7-9-20(10-8-13)26(22,23)15-5-3-14(24-2)4-6-15/h3-6,11,13H,7-10H2,1-2H3,(H,19,21). The number of amides is 1. The summed E-state index contributed by atoms with van der Waals surface area (Å²) in [7, 11) is -2.02. The van der Waals surface area contributed by atoms with E-state index in [0.717, 1.165) is 10.7 Å².